The first-order valence-electron chi connectivity index (χ1n) is 11.8. The maximum atomic E-state index is 13.3. The summed E-state index contributed by atoms with van der Waals surface area (Å²) in [5.74, 6) is -1.39. The topological polar surface area (TPSA) is 120 Å². The van der Waals surface area contributed by atoms with Gasteiger partial charge in [-0.1, -0.05) is 18.2 Å². The van der Waals surface area contributed by atoms with E-state index in [0.717, 1.165) is 34.4 Å². The molecule has 1 aliphatic heterocycles. The fourth-order valence-electron chi connectivity index (χ4n) is 4.79. The lowest BCUT2D eigenvalue weighted by Crippen LogP contribution is -2.35. The van der Waals surface area contributed by atoms with Crippen molar-refractivity contribution in [2.24, 2.45) is 0 Å². The zero-order valence-corrected chi connectivity index (χ0v) is 19.4. The number of hydrogen-bond acceptors (Lipinski definition) is 7. The largest absolute Gasteiger partial charge is 0.452 e. The summed E-state index contributed by atoms with van der Waals surface area (Å²) in [6, 6.07) is 13.5. The van der Waals surface area contributed by atoms with Crippen molar-refractivity contribution >= 4 is 46.0 Å². The number of pyridine rings is 1. The smallest absolute Gasteiger partial charge is 0.339 e. The first-order chi connectivity index (χ1) is 17.4. The van der Waals surface area contributed by atoms with Crippen molar-refractivity contribution in [3.63, 3.8) is 0 Å². The van der Waals surface area contributed by atoms with Crippen LogP contribution in [-0.4, -0.2) is 45.7 Å². The first-order valence-corrected chi connectivity index (χ1v) is 11.8. The van der Waals surface area contributed by atoms with Gasteiger partial charge in [0.15, 0.2) is 6.61 Å². The summed E-state index contributed by atoms with van der Waals surface area (Å²) in [4.78, 5) is 54.1. The van der Waals surface area contributed by atoms with Crippen LogP contribution in [0, 0.1) is 10.1 Å². The van der Waals surface area contributed by atoms with Gasteiger partial charge in [-0.25, -0.2) is 9.78 Å². The standard InChI is InChI=1S/C27H23N3O6/c31-23-9-4-14-29(23)24(32)16-36-27(33)25-20-6-1-2-8-22(20)28-26-18(5-3-7-21(25)26)15-17-10-12-19(13-11-17)30(34)35/h1-2,6,8,10-13,15H,3-5,7,9,14,16H2/b18-15+. The highest BCUT2D eigenvalue weighted by Gasteiger charge is 2.29. The second-order valence-electron chi connectivity index (χ2n) is 8.82. The van der Waals surface area contributed by atoms with Crippen molar-refractivity contribution < 1.29 is 24.0 Å². The highest BCUT2D eigenvalue weighted by molar-refractivity contribution is 6.07. The van der Waals surface area contributed by atoms with Crippen molar-refractivity contribution in [3.8, 4) is 0 Å². The van der Waals surface area contributed by atoms with Crippen LogP contribution in [0.5, 0.6) is 0 Å². The van der Waals surface area contributed by atoms with Gasteiger partial charge in [0.25, 0.3) is 11.6 Å². The fourth-order valence-corrected chi connectivity index (χ4v) is 4.79. The number of ether oxygens (including phenoxy) is 1. The lowest BCUT2D eigenvalue weighted by molar-refractivity contribution is -0.384. The zero-order valence-electron chi connectivity index (χ0n) is 19.4. The highest BCUT2D eigenvalue weighted by Crippen LogP contribution is 2.36. The molecular weight excluding hydrogens is 462 g/mol. The monoisotopic (exact) mass is 485 g/mol. The SMILES string of the molecule is O=C(OCC(=O)N1CCCC1=O)c1c2c(nc3ccccc13)/C(=C/c1ccc([N+](=O)[O-])cc1)CCC2. The van der Waals surface area contributed by atoms with Gasteiger partial charge in [0.05, 0.1) is 21.7 Å². The number of aromatic nitrogens is 1. The molecule has 1 saturated heterocycles. The van der Waals surface area contributed by atoms with Crippen molar-refractivity contribution in [1.82, 2.24) is 9.88 Å². The minimum Gasteiger partial charge on any atom is -0.452 e. The number of allylic oxidation sites excluding steroid dienone is 1. The first kappa shape index (κ1) is 23.3. The molecule has 3 aromatic rings. The molecule has 1 aromatic heterocycles. The average Bonchev–Trinajstić information content (AvgIpc) is 3.32. The Kier molecular flexibility index (Phi) is 6.28. The molecule has 0 atom stereocenters. The molecule has 1 fully saturated rings. The van der Waals surface area contributed by atoms with Gasteiger partial charge in [0.2, 0.25) is 5.91 Å². The number of hydrogen-bond donors (Lipinski definition) is 0. The van der Waals surface area contributed by atoms with Crippen LogP contribution in [0.25, 0.3) is 22.6 Å². The van der Waals surface area contributed by atoms with E-state index in [1.165, 1.54) is 12.1 Å². The normalized spacial score (nSPS) is 16.3. The maximum absolute atomic E-state index is 13.3. The molecule has 0 spiro atoms. The van der Waals surface area contributed by atoms with E-state index in [0.29, 0.717) is 48.0 Å². The minimum absolute atomic E-state index is 0.0144. The molecule has 9 heteroatoms. The van der Waals surface area contributed by atoms with Gasteiger partial charge in [0, 0.05) is 30.5 Å². The highest BCUT2D eigenvalue weighted by atomic mass is 16.6. The van der Waals surface area contributed by atoms with Gasteiger partial charge in [-0.05, 0) is 66.7 Å². The van der Waals surface area contributed by atoms with Crippen LogP contribution in [-0.2, 0) is 20.7 Å². The number of para-hydroxylation sites is 1. The molecule has 1 aliphatic carbocycles. The fraction of sp³-hybridized carbons (Fsp3) is 0.259. The predicted molar refractivity (Wildman–Crippen MR) is 132 cm³/mol. The third-order valence-electron chi connectivity index (χ3n) is 6.52. The Balaban J connectivity index is 1.50. The van der Waals surface area contributed by atoms with E-state index in [9.17, 15) is 24.5 Å². The van der Waals surface area contributed by atoms with E-state index in [1.807, 2.05) is 24.3 Å². The number of benzene rings is 2. The summed E-state index contributed by atoms with van der Waals surface area (Å²) >= 11 is 0. The van der Waals surface area contributed by atoms with E-state index >= 15 is 0 Å². The molecule has 5 rings (SSSR count). The van der Waals surface area contributed by atoms with Crippen LogP contribution >= 0.6 is 0 Å². The van der Waals surface area contributed by atoms with E-state index in [1.54, 1.807) is 18.2 Å². The number of rotatable bonds is 5. The lowest BCUT2D eigenvalue weighted by Gasteiger charge is -2.22. The number of esters is 1. The summed E-state index contributed by atoms with van der Waals surface area (Å²) in [5, 5.41) is 11.6. The van der Waals surface area contributed by atoms with Crippen molar-refractivity contribution in [2.75, 3.05) is 13.2 Å². The van der Waals surface area contributed by atoms with E-state index in [2.05, 4.69) is 0 Å². The number of nitro groups is 1. The Labute approximate surface area is 206 Å². The Bertz CT molecular complexity index is 1430. The van der Waals surface area contributed by atoms with E-state index in [4.69, 9.17) is 9.72 Å². The van der Waals surface area contributed by atoms with Gasteiger partial charge in [0.1, 0.15) is 0 Å². The van der Waals surface area contributed by atoms with E-state index in [-0.39, 0.29) is 11.6 Å². The number of carbonyl (C=O) groups is 3. The number of fused-ring (bicyclic) bond motifs is 2. The molecule has 2 aliphatic rings. The molecule has 2 heterocycles. The van der Waals surface area contributed by atoms with E-state index < -0.39 is 23.4 Å². The molecule has 36 heavy (non-hydrogen) atoms. The summed E-state index contributed by atoms with van der Waals surface area (Å²) < 4.78 is 5.42. The molecule has 182 valence electrons. The maximum Gasteiger partial charge on any atom is 0.339 e. The third kappa shape index (κ3) is 4.47. The molecular formula is C27H23N3O6. The molecule has 2 amide bonds. The van der Waals surface area contributed by atoms with Gasteiger partial charge < -0.3 is 4.74 Å². The lowest BCUT2D eigenvalue weighted by atomic mass is 9.86. The number of carbonyl (C=O) groups excluding carboxylic acids is 3. The van der Waals surface area contributed by atoms with Crippen LogP contribution in [0.4, 0.5) is 5.69 Å². The number of nitrogens with zero attached hydrogens (tertiary/aromatic N) is 3. The summed E-state index contributed by atoms with van der Waals surface area (Å²) in [5.41, 5.74) is 4.17. The van der Waals surface area contributed by atoms with Crippen LogP contribution in [0.2, 0.25) is 0 Å². The van der Waals surface area contributed by atoms with Crippen LogP contribution in [0.15, 0.2) is 48.5 Å². The number of non-ortho nitro benzene ring substituents is 1. The van der Waals surface area contributed by atoms with Gasteiger partial charge in [-0.15, -0.1) is 0 Å². The Morgan fingerprint density at radius 3 is 2.56 bits per heavy atom. The molecule has 9 nitrogen and oxygen atoms in total. The molecule has 0 radical (unpaired) electrons. The number of nitro benzene ring substituents is 1. The average molecular weight is 485 g/mol. The Hall–Kier alpha value is -4.40. The molecule has 0 saturated carbocycles. The number of amides is 2. The molecule has 0 bridgehead atoms. The predicted octanol–water partition coefficient (Wildman–Crippen LogP) is 4.33. The Morgan fingerprint density at radius 1 is 1.06 bits per heavy atom. The molecule has 0 unspecified atom stereocenters. The second kappa shape index (κ2) is 9.69. The van der Waals surface area contributed by atoms with Crippen LogP contribution in [0.1, 0.15) is 52.9 Å². The summed E-state index contributed by atoms with van der Waals surface area (Å²) in [6.07, 6.45) is 5.01. The van der Waals surface area contributed by atoms with Crippen molar-refractivity contribution in [1.29, 1.82) is 0 Å². The number of imide groups is 1. The summed E-state index contributed by atoms with van der Waals surface area (Å²) in [6.45, 7) is -0.152. The van der Waals surface area contributed by atoms with Gasteiger partial charge >= 0.3 is 5.97 Å². The van der Waals surface area contributed by atoms with Crippen LogP contribution < -0.4 is 0 Å². The quantitative estimate of drug-likeness (QED) is 0.300. The third-order valence-corrected chi connectivity index (χ3v) is 6.52. The number of likely N-dealkylation sites (tertiary alicyclic amines) is 1. The van der Waals surface area contributed by atoms with Crippen molar-refractivity contribution in [3.05, 3.63) is 81.0 Å². The second-order valence-corrected chi connectivity index (χ2v) is 8.82. The van der Waals surface area contributed by atoms with Crippen LogP contribution in [0.3, 0.4) is 0 Å². The zero-order chi connectivity index (χ0) is 25.2. The Morgan fingerprint density at radius 2 is 1.83 bits per heavy atom. The minimum atomic E-state index is -0.624. The van der Waals surface area contributed by atoms with Gasteiger partial charge in [-0.3, -0.25) is 24.6 Å². The molecule has 2 aromatic carbocycles. The summed E-state index contributed by atoms with van der Waals surface area (Å²) in [7, 11) is 0. The van der Waals surface area contributed by atoms with Crippen molar-refractivity contribution in [2.45, 2.75) is 32.1 Å². The van der Waals surface area contributed by atoms with Gasteiger partial charge in [-0.2, -0.15) is 0 Å². The molecule has 0 N–H and O–H groups in total.